The molecule has 0 aliphatic rings. The second-order valence-electron chi connectivity index (χ2n) is 5.98. The summed E-state index contributed by atoms with van der Waals surface area (Å²) in [6.45, 7) is 0. The van der Waals surface area contributed by atoms with E-state index in [-0.39, 0.29) is 0 Å². The van der Waals surface area contributed by atoms with Gasteiger partial charge in [-0.15, -0.1) is 11.8 Å². The van der Waals surface area contributed by atoms with Crippen LogP contribution in [0.25, 0.3) is 0 Å². The number of hydrogen-bond acceptors (Lipinski definition) is 3. The first kappa shape index (κ1) is 20.6. The fourth-order valence-electron chi connectivity index (χ4n) is 2.57. The van der Waals surface area contributed by atoms with Crippen LogP contribution in [0, 0.1) is 0 Å². The third kappa shape index (κ3) is 9.60. The molecule has 0 aromatic heterocycles. The zero-order valence-electron chi connectivity index (χ0n) is 14.2. The molecule has 1 aromatic rings. The van der Waals surface area contributed by atoms with Crippen LogP contribution >= 0.6 is 11.8 Å². The SMILES string of the molecule is O=C(O)CCCCCCCCCCCSc1ccccc1C(=O)O. The second kappa shape index (κ2) is 12.9. The lowest BCUT2D eigenvalue weighted by atomic mass is 10.1. The van der Waals surface area contributed by atoms with E-state index >= 15 is 0 Å². The first-order chi connectivity index (χ1) is 11.6. The molecule has 0 saturated heterocycles. The summed E-state index contributed by atoms with van der Waals surface area (Å²) in [5, 5.41) is 17.7. The van der Waals surface area contributed by atoms with Crippen LogP contribution in [-0.4, -0.2) is 27.9 Å². The molecule has 0 saturated carbocycles. The Morgan fingerprint density at radius 2 is 1.33 bits per heavy atom. The minimum atomic E-state index is -0.860. The van der Waals surface area contributed by atoms with Crippen molar-refractivity contribution in [2.45, 2.75) is 69.1 Å². The molecule has 1 rings (SSSR count). The number of thioether (sulfide) groups is 1. The molecule has 2 N–H and O–H groups in total. The number of aromatic carboxylic acids is 1. The summed E-state index contributed by atoms with van der Waals surface area (Å²) in [5.74, 6) is -0.597. The van der Waals surface area contributed by atoms with Gasteiger partial charge in [-0.1, -0.05) is 57.1 Å². The summed E-state index contributed by atoms with van der Waals surface area (Å²) < 4.78 is 0. The lowest BCUT2D eigenvalue weighted by Crippen LogP contribution is -1.98. The van der Waals surface area contributed by atoms with Crippen LogP contribution in [0.1, 0.15) is 74.6 Å². The third-order valence-corrected chi connectivity index (χ3v) is 5.07. The van der Waals surface area contributed by atoms with Crippen LogP contribution in [-0.2, 0) is 4.79 Å². The third-order valence-electron chi connectivity index (χ3n) is 3.91. The first-order valence-electron chi connectivity index (χ1n) is 8.78. The molecular formula is C19H28O4S. The molecule has 0 atom stereocenters. The van der Waals surface area contributed by atoms with Crippen LogP contribution in [0.5, 0.6) is 0 Å². The standard InChI is InChI=1S/C19H28O4S/c20-18(21)14-8-6-4-2-1-3-5-7-11-15-24-17-13-10-9-12-16(17)19(22)23/h9-10,12-13H,1-8,11,14-15H2,(H,20,21)(H,22,23). The summed E-state index contributed by atoms with van der Waals surface area (Å²) in [5.41, 5.74) is 0.394. The van der Waals surface area contributed by atoms with Gasteiger partial charge in [0.05, 0.1) is 5.56 Å². The quantitative estimate of drug-likeness (QED) is 0.343. The maximum atomic E-state index is 11.1. The Balaban J connectivity index is 1.96. The molecule has 0 aliphatic heterocycles. The molecule has 24 heavy (non-hydrogen) atoms. The summed E-state index contributed by atoms with van der Waals surface area (Å²) in [7, 11) is 0. The van der Waals surface area contributed by atoms with E-state index in [9.17, 15) is 9.59 Å². The molecule has 0 radical (unpaired) electrons. The number of benzene rings is 1. The van der Waals surface area contributed by atoms with Crippen molar-refractivity contribution in [1.29, 1.82) is 0 Å². The van der Waals surface area contributed by atoms with Gasteiger partial charge in [-0.25, -0.2) is 4.79 Å². The van der Waals surface area contributed by atoms with E-state index in [0.29, 0.717) is 12.0 Å². The molecule has 0 heterocycles. The minimum absolute atomic E-state index is 0.294. The maximum Gasteiger partial charge on any atom is 0.336 e. The minimum Gasteiger partial charge on any atom is -0.481 e. The predicted octanol–water partition coefficient (Wildman–Crippen LogP) is 5.46. The Morgan fingerprint density at radius 3 is 1.92 bits per heavy atom. The zero-order chi connectivity index (χ0) is 17.6. The Morgan fingerprint density at radius 1 is 0.792 bits per heavy atom. The Bertz CT molecular complexity index is 502. The average Bonchev–Trinajstić information content (AvgIpc) is 2.55. The zero-order valence-corrected chi connectivity index (χ0v) is 15.0. The number of carboxylic acid groups (broad SMARTS) is 2. The van der Waals surface area contributed by atoms with E-state index in [2.05, 4.69) is 0 Å². The van der Waals surface area contributed by atoms with Crippen molar-refractivity contribution in [2.75, 3.05) is 5.75 Å². The summed E-state index contributed by atoms with van der Waals surface area (Å²) in [4.78, 5) is 22.3. The van der Waals surface area contributed by atoms with Gasteiger partial charge in [0.2, 0.25) is 0 Å². The molecule has 0 spiro atoms. The van der Waals surface area contributed by atoms with Gasteiger partial charge >= 0.3 is 11.9 Å². The average molecular weight is 352 g/mol. The van der Waals surface area contributed by atoms with Gasteiger partial charge in [-0.3, -0.25) is 4.79 Å². The molecular weight excluding hydrogens is 324 g/mol. The predicted molar refractivity (Wildman–Crippen MR) is 97.9 cm³/mol. The summed E-state index contributed by atoms with van der Waals surface area (Å²) >= 11 is 1.63. The highest BCUT2D eigenvalue weighted by Crippen LogP contribution is 2.24. The molecule has 0 fully saturated rings. The number of unbranched alkanes of at least 4 members (excludes halogenated alkanes) is 8. The van der Waals surface area contributed by atoms with Crippen molar-refractivity contribution in [3.8, 4) is 0 Å². The van der Waals surface area contributed by atoms with Gasteiger partial charge in [0.15, 0.2) is 0 Å². The van der Waals surface area contributed by atoms with Gasteiger partial charge in [-0.2, -0.15) is 0 Å². The molecule has 0 aliphatic carbocycles. The van der Waals surface area contributed by atoms with Crippen LogP contribution < -0.4 is 0 Å². The largest absolute Gasteiger partial charge is 0.481 e. The highest BCUT2D eigenvalue weighted by molar-refractivity contribution is 7.99. The van der Waals surface area contributed by atoms with Crippen LogP contribution in [0.2, 0.25) is 0 Å². The normalized spacial score (nSPS) is 10.7. The second-order valence-corrected chi connectivity index (χ2v) is 7.11. The molecule has 4 nitrogen and oxygen atoms in total. The molecule has 0 unspecified atom stereocenters. The molecule has 0 amide bonds. The molecule has 0 bridgehead atoms. The van der Waals surface area contributed by atoms with E-state index < -0.39 is 11.9 Å². The van der Waals surface area contributed by atoms with E-state index in [0.717, 1.165) is 36.3 Å². The molecule has 134 valence electrons. The first-order valence-corrected chi connectivity index (χ1v) is 9.76. The van der Waals surface area contributed by atoms with Crippen molar-refractivity contribution in [1.82, 2.24) is 0 Å². The number of aliphatic carboxylic acids is 1. The van der Waals surface area contributed by atoms with Crippen molar-refractivity contribution in [3.63, 3.8) is 0 Å². The van der Waals surface area contributed by atoms with Crippen molar-refractivity contribution in [2.24, 2.45) is 0 Å². The molecule has 1 aromatic carbocycles. The van der Waals surface area contributed by atoms with Crippen LogP contribution in [0.15, 0.2) is 29.2 Å². The lowest BCUT2D eigenvalue weighted by molar-refractivity contribution is -0.137. The topological polar surface area (TPSA) is 74.6 Å². The van der Waals surface area contributed by atoms with Gasteiger partial charge in [0.1, 0.15) is 0 Å². The summed E-state index contributed by atoms with van der Waals surface area (Å²) in [6.07, 6.45) is 10.4. The highest BCUT2D eigenvalue weighted by atomic mass is 32.2. The fraction of sp³-hybridized carbons (Fsp3) is 0.579. The van der Waals surface area contributed by atoms with Crippen LogP contribution in [0.4, 0.5) is 0 Å². The van der Waals surface area contributed by atoms with Gasteiger partial charge < -0.3 is 10.2 Å². The van der Waals surface area contributed by atoms with Crippen molar-refractivity contribution >= 4 is 23.7 Å². The molecule has 5 heteroatoms. The van der Waals surface area contributed by atoms with Crippen molar-refractivity contribution in [3.05, 3.63) is 29.8 Å². The number of rotatable bonds is 14. The maximum absolute atomic E-state index is 11.1. The van der Waals surface area contributed by atoms with Gasteiger partial charge in [0, 0.05) is 11.3 Å². The Kier molecular flexibility index (Phi) is 11.0. The monoisotopic (exact) mass is 352 g/mol. The number of carboxylic acids is 2. The van der Waals surface area contributed by atoms with Gasteiger partial charge in [0.25, 0.3) is 0 Å². The van der Waals surface area contributed by atoms with E-state index in [1.165, 1.54) is 32.1 Å². The summed E-state index contributed by atoms with van der Waals surface area (Å²) in [6, 6.07) is 7.17. The Hall–Kier alpha value is -1.49. The highest BCUT2D eigenvalue weighted by Gasteiger charge is 2.08. The van der Waals surface area contributed by atoms with E-state index in [4.69, 9.17) is 10.2 Å². The number of hydrogen-bond donors (Lipinski definition) is 2. The smallest absolute Gasteiger partial charge is 0.336 e. The van der Waals surface area contributed by atoms with Crippen LogP contribution in [0.3, 0.4) is 0 Å². The van der Waals surface area contributed by atoms with Gasteiger partial charge in [-0.05, 0) is 30.7 Å². The fourth-order valence-corrected chi connectivity index (χ4v) is 3.62. The van der Waals surface area contributed by atoms with Crippen molar-refractivity contribution < 1.29 is 19.8 Å². The number of carbonyl (C=O) groups is 2. The Labute approximate surface area is 148 Å². The van der Waals surface area contributed by atoms with E-state index in [1.54, 1.807) is 23.9 Å². The lowest BCUT2D eigenvalue weighted by Gasteiger charge is -2.05. The van der Waals surface area contributed by atoms with E-state index in [1.807, 2.05) is 12.1 Å².